The van der Waals surface area contributed by atoms with Crippen molar-refractivity contribution >= 4 is 11.5 Å². The highest BCUT2D eigenvalue weighted by Gasteiger charge is 2.15. The maximum Gasteiger partial charge on any atom is 0.182 e. The van der Waals surface area contributed by atoms with Gasteiger partial charge in [0.05, 0.1) is 0 Å². The van der Waals surface area contributed by atoms with Crippen LogP contribution in [0.25, 0.3) is 0 Å². The third-order valence-electron chi connectivity index (χ3n) is 3.27. The van der Waals surface area contributed by atoms with Gasteiger partial charge in [0.25, 0.3) is 0 Å². The molecule has 0 aliphatic heterocycles. The van der Waals surface area contributed by atoms with Gasteiger partial charge in [0.2, 0.25) is 0 Å². The second kappa shape index (κ2) is 7.41. The van der Waals surface area contributed by atoms with E-state index in [0.717, 1.165) is 22.4 Å². The molecule has 114 valence electrons. The third kappa shape index (κ3) is 3.73. The van der Waals surface area contributed by atoms with Gasteiger partial charge in [0.1, 0.15) is 19.5 Å². The number of benzene rings is 2. The molecule has 0 aromatic heterocycles. The summed E-state index contributed by atoms with van der Waals surface area (Å²) in [5, 5.41) is 3.84. The quantitative estimate of drug-likeness (QED) is 0.605. The van der Waals surface area contributed by atoms with Crippen molar-refractivity contribution in [2.24, 2.45) is 5.16 Å². The number of ether oxygens (including phenoxy) is 1. The van der Waals surface area contributed by atoms with Crippen LogP contribution in [0.3, 0.4) is 0 Å². The molecule has 0 aliphatic carbocycles. The Balaban J connectivity index is 2.27. The fourth-order valence-electron chi connectivity index (χ4n) is 2.15. The lowest BCUT2D eigenvalue weighted by Crippen LogP contribution is -2.15. The molecule has 0 N–H and O–H groups in total. The van der Waals surface area contributed by atoms with Crippen LogP contribution in [0.5, 0.6) is 5.75 Å². The summed E-state index contributed by atoms with van der Waals surface area (Å²) in [6.07, 6.45) is 0. The van der Waals surface area contributed by atoms with E-state index in [1.165, 1.54) is 14.0 Å². The minimum atomic E-state index is -0.148. The van der Waals surface area contributed by atoms with Crippen LogP contribution in [0.2, 0.25) is 0 Å². The first-order valence-electron chi connectivity index (χ1n) is 7.02. The van der Waals surface area contributed by atoms with Crippen LogP contribution in [0, 0.1) is 6.92 Å². The second-order valence-electron chi connectivity index (χ2n) is 4.89. The summed E-state index contributed by atoms with van der Waals surface area (Å²) >= 11 is 0. The van der Waals surface area contributed by atoms with Crippen molar-refractivity contribution in [3.05, 3.63) is 65.2 Å². The fourth-order valence-corrected chi connectivity index (χ4v) is 2.15. The molecule has 2 aromatic carbocycles. The molecule has 2 rings (SSSR count). The molecule has 0 bridgehead atoms. The van der Waals surface area contributed by atoms with Crippen LogP contribution in [-0.2, 0) is 16.2 Å². The van der Waals surface area contributed by atoms with E-state index in [-0.39, 0.29) is 5.78 Å². The Kier molecular flexibility index (Phi) is 5.31. The van der Waals surface area contributed by atoms with E-state index in [9.17, 15) is 4.79 Å². The molecule has 0 spiro atoms. The smallest absolute Gasteiger partial charge is 0.182 e. The second-order valence-corrected chi connectivity index (χ2v) is 4.89. The van der Waals surface area contributed by atoms with Gasteiger partial charge in [-0.05, 0) is 24.1 Å². The Morgan fingerprint density at radius 2 is 1.77 bits per heavy atom. The largest absolute Gasteiger partial charge is 0.489 e. The molecule has 4 nitrogen and oxygen atoms in total. The zero-order valence-corrected chi connectivity index (χ0v) is 13.0. The predicted molar refractivity (Wildman–Crippen MR) is 86.2 cm³/mol. The molecule has 4 heteroatoms. The van der Waals surface area contributed by atoms with Gasteiger partial charge in [0.15, 0.2) is 11.5 Å². The molecule has 2 aromatic rings. The van der Waals surface area contributed by atoms with Gasteiger partial charge < -0.3 is 9.57 Å². The molecular weight excluding hydrogens is 278 g/mol. The molecule has 0 aliphatic rings. The van der Waals surface area contributed by atoms with Gasteiger partial charge in [-0.15, -0.1) is 0 Å². The minimum Gasteiger partial charge on any atom is -0.489 e. The number of rotatable bonds is 6. The van der Waals surface area contributed by atoms with Crippen LogP contribution in [0.15, 0.2) is 53.7 Å². The molecule has 0 saturated carbocycles. The lowest BCUT2D eigenvalue weighted by Gasteiger charge is -2.12. The van der Waals surface area contributed by atoms with Crippen molar-refractivity contribution in [1.29, 1.82) is 0 Å². The normalized spacial score (nSPS) is 11.1. The maximum atomic E-state index is 11.8. The predicted octanol–water partition coefficient (Wildman–Crippen LogP) is 3.51. The number of hydrogen-bond acceptors (Lipinski definition) is 4. The van der Waals surface area contributed by atoms with E-state index < -0.39 is 0 Å². The highest BCUT2D eigenvalue weighted by atomic mass is 16.6. The number of oxime groups is 1. The first kappa shape index (κ1) is 15.8. The molecule has 0 unspecified atom stereocenters. The number of carbonyl (C=O) groups is 1. The monoisotopic (exact) mass is 297 g/mol. The van der Waals surface area contributed by atoms with Crippen LogP contribution in [0.4, 0.5) is 0 Å². The van der Waals surface area contributed by atoms with Crippen molar-refractivity contribution in [2.45, 2.75) is 20.5 Å². The maximum absolute atomic E-state index is 11.8. The number of hydrogen-bond donors (Lipinski definition) is 0. The number of nitrogens with zero attached hydrogens (tertiary/aromatic N) is 1. The highest BCUT2D eigenvalue weighted by Crippen LogP contribution is 2.19. The summed E-state index contributed by atoms with van der Waals surface area (Å²) in [5.41, 5.74) is 2.98. The molecule has 0 fully saturated rings. The van der Waals surface area contributed by atoms with Crippen LogP contribution in [-0.4, -0.2) is 18.6 Å². The van der Waals surface area contributed by atoms with Gasteiger partial charge >= 0.3 is 0 Å². The van der Waals surface area contributed by atoms with Gasteiger partial charge in [-0.2, -0.15) is 0 Å². The third-order valence-corrected chi connectivity index (χ3v) is 3.27. The summed E-state index contributed by atoms with van der Waals surface area (Å²) < 4.78 is 5.86. The molecule has 0 amide bonds. The van der Waals surface area contributed by atoms with Crippen LogP contribution >= 0.6 is 0 Å². The molecule has 0 heterocycles. The summed E-state index contributed by atoms with van der Waals surface area (Å²) in [6.45, 7) is 3.82. The lowest BCUT2D eigenvalue weighted by atomic mass is 10.0. The van der Waals surface area contributed by atoms with E-state index in [4.69, 9.17) is 9.57 Å². The lowest BCUT2D eigenvalue weighted by molar-refractivity contribution is -0.111. The number of carbonyl (C=O) groups excluding carboxylic acids is 1. The first-order valence-corrected chi connectivity index (χ1v) is 7.02. The standard InChI is InChI=1S/C18H19NO3/c1-13-8-4-7-11-17(13)22-12-15-9-5-6-10-16(15)18(14(2)20)19-21-3/h4-11H,12H2,1-3H3/b19-18-. The van der Waals surface area contributed by atoms with Crippen molar-refractivity contribution in [3.63, 3.8) is 0 Å². The van der Waals surface area contributed by atoms with E-state index in [2.05, 4.69) is 5.16 Å². The Labute approximate surface area is 130 Å². The van der Waals surface area contributed by atoms with Gasteiger partial charge in [-0.3, -0.25) is 4.79 Å². The van der Waals surface area contributed by atoms with Gasteiger partial charge in [-0.1, -0.05) is 47.6 Å². The molecule has 0 saturated heterocycles. The van der Waals surface area contributed by atoms with E-state index in [1.54, 1.807) is 0 Å². The summed E-state index contributed by atoms with van der Waals surface area (Å²) in [4.78, 5) is 16.5. The molecule has 0 radical (unpaired) electrons. The molecular formula is C18H19NO3. The van der Waals surface area contributed by atoms with E-state index >= 15 is 0 Å². The topological polar surface area (TPSA) is 47.9 Å². The van der Waals surface area contributed by atoms with E-state index in [0.29, 0.717) is 12.3 Å². The number of Topliss-reactive ketones (excluding diaryl/α,β-unsaturated/α-hetero) is 1. The average molecular weight is 297 g/mol. The zero-order chi connectivity index (χ0) is 15.9. The molecule has 22 heavy (non-hydrogen) atoms. The average Bonchev–Trinajstić information content (AvgIpc) is 2.52. The van der Waals surface area contributed by atoms with Crippen LogP contribution in [0.1, 0.15) is 23.6 Å². The number of para-hydroxylation sites is 1. The first-order chi connectivity index (χ1) is 10.6. The zero-order valence-electron chi connectivity index (χ0n) is 13.0. The van der Waals surface area contributed by atoms with Gasteiger partial charge in [-0.25, -0.2) is 0 Å². The van der Waals surface area contributed by atoms with Crippen LogP contribution < -0.4 is 4.74 Å². The number of ketones is 1. The van der Waals surface area contributed by atoms with Crippen molar-refractivity contribution < 1.29 is 14.4 Å². The number of aryl methyl sites for hydroxylation is 1. The highest BCUT2D eigenvalue weighted by molar-refractivity contribution is 6.45. The SMILES string of the molecule is CO/N=C(/C(C)=O)c1ccccc1COc1ccccc1C. The Morgan fingerprint density at radius 1 is 1.09 bits per heavy atom. The Bertz CT molecular complexity index is 692. The summed E-state index contributed by atoms with van der Waals surface area (Å²) in [6, 6.07) is 15.3. The van der Waals surface area contributed by atoms with Gasteiger partial charge in [0, 0.05) is 12.5 Å². The Morgan fingerprint density at radius 3 is 2.45 bits per heavy atom. The van der Waals surface area contributed by atoms with E-state index in [1.807, 2.05) is 55.5 Å². The minimum absolute atomic E-state index is 0.148. The summed E-state index contributed by atoms with van der Waals surface area (Å²) in [5.74, 6) is 0.676. The Hall–Kier alpha value is -2.62. The summed E-state index contributed by atoms with van der Waals surface area (Å²) in [7, 11) is 1.43. The fraction of sp³-hybridized carbons (Fsp3) is 0.222. The van der Waals surface area contributed by atoms with Crippen molar-refractivity contribution in [1.82, 2.24) is 0 Å². The van der Waals surface area contributed by atoms with Crippen molar-refractivity contribution in [3.8, 4) is 5.75 Å². The molecule has 0 atom stereocenters. The van der Waals surface area contributed by atoms with Crippen molar-refractivity contribution in [2.75, 3.05) is 7.11 Å².